The molecular weight excluding hydrogens is 316 g/mol. The number of pyridine rings is 2. The molecule has 96 valence electrons. The Kier molecular flexibility index (Phi) is 2.53. The molecule has 4 aromatic rings. The number of rotatable bonds is 1. The van der Waals surface area contributed by atoms with Gasteiger partial charge in [-0.3, -0.25) is 9.97 Å². The van der Waals surface area contributed by atoms with Crippen LogP contribution >= 0.6 is 15.9 Å². The van der Waals surface area contributed by atoms with E-state index < -0.39 is 0 Å². The Bertz CT molecular complexity index is 915. The number of benzene rings is 1. The van der Waals surface area contributed by atoms with Gasteiger partial charge < -0.3 is 4.98 Å². The number of fused-ring (bicyclic) bond motifs is 3. The van der Waals surface area contributed by atoms with E-state index in [0.29, 0.717) is 0 Å². The van der Waals surface area contributed by atoms with Crippen molar-refractivity contribution in [2.75, 3.05) is 0 Å². The highest BCUT2D eigenvalue weighted by Crippen LogP contribution is 2.26. The minimum atomic E-state index is 0.762. The molecule has 0 aliphatic carbocycles. The highest BCUT2D eigenvalue weighted by atomic mass is 79.9. The average Bonchev–Trinajstić information content (AvgIpc) is 2.92. The van der Waals surface area contributed by atoms with Crippen molar-refractivity contribution in [1.29, 1.82) is 0 Å². The predicted molar refractivity (Wildman–Crippen MR) is 82.3 cm³/mol. The van der Waals surface area contributed by atoms with Gasteiger partial charge in [-0.25, -0.2) is 4.98 Å². The number of aromatic nitrogens is 4. The molecule has 4 nitrogen and oxygen atoms in total. The van der Waals surface area contributed by atoms with Crippen molar-refractivity contribution in [1.82, 2.24) is 19.9 Å². The molecule has 0 amide bonds. The van der Waals surface area contributed by atoms with E-state index in [1.165, 1.54) is 0 Å². The Balaban J connectivity index is 2.02. The summed E-state index contributed by atoms with van der Waals surface area (Å²) in [4.78, 5) is 16.7. The Morgan fingerprint density at radius 1 is 1.05 bits per heavy atom. The first-order chi connectivity index (χ1) is 9.81. The lowest BCUT2D eigenvalue weighted by Gasteiger charge is -1.97. The number of aromatic amines is 1. The Hall–Kier alpha value is -2.27. The fraction of sp³-hybridized carbons (Fsp3) is 0. The van der Waals surface area contributed by atoms with Crippen LogP contribution in [0.4, 0.5) is 0 Å². The summed E-state index contributed by atoms with van der Waals surface area (Å²) in [5.41, 5.74) is 3.59. The maximum atomic E-state index is 4.67. The maximum absolute atomic E-state index is 4.67. The molecule has 0 unspecified atom stereocenters. The third-order valence-corrected chi connectivity index (χ3v) is 3.68. The molecule has 0 radical (unpaired) electrons. The summed E-state index contributed by atoms with van der Waals surface area (Å²) in [5, 5.41) is 1.03. The molecule has 1 N–H and O–H groups in total. The maximum Gasteiger partial charge on any atom is 0.157 e. The van der Waals surface area contributed by atoms with Crippen molar-refractivity contribution >= 4 is 37.9 Å². The summed E-state index contributed by atoms with van der Waals surface area (Å²) in [6, 6.07) is 11.8. The molecule has 0 aliphatic heterocycles. The van der Waals surface area contributed by atoms with E-state index in [1.807, 2.05) is 42.6 Å². The zero-order valence-electron chi connectivity index (χ0n) is 10.3. The van der Waals surface area contributed by atoms with Gasteiger partial charge in [-0.2, -0.15) is 0 Å². The first-order valence-electron chi connectivity index (χ1n) is 6.17. The van der Waals surface area contributed by atoms with E-state index in [4.69, 9.17) is 0 Å². The average molecular weight is 325 g/mol. The van der Waals surface area contributed by atoms with E-state index >= 15 is 0 Å². The van der Waals surface area contributed by atoms with Gasteiger partial charge in [-0.1, -0.05) is 22.0 Å². The standard InChI is InChI=1S/C15H9BrN4/c16-9-4-5-10-12(7-9)18-8-13-14(10)20-15(19-13)11-3-1-2-6-17-11/h1-8H,(H,19,20). The lowest BCUT2D eigenvalue weighted by atomic mass is 10.2. The van der Waals surface area contributed by atoms with Gasteiger partial charge >= 0.3 is 0 Å². The van der Waals surface area contributed by atoms with Crippen molar-refractivity contribution < 1.29 is 0 Å². The van der Waals surface area contributed by atoms with Crippen LogP contribution in [0.15, 0.2) is 53.3 Å². The number of halogens is 1. The monoisotopic (exact) mass is 324 g/mol. The molecular formula is C15H9BrN4. The minimum Gasteiger partial charge on any atom is -0.335 e. The molecule has 4 rings (SSSR count). The molecule has 0 atom stereocenters. The van der Waals surface area contributed by atoms with Gasteiger partial charge in [0, 0.05) is 16.1 Å². The predicted octanol–water partition coefficient (Wildman–Crippen LogP) is 3.94. The summed E-state index contributed by atoms with van der Waals surface area (Å²) in [5.74, 6) is 0.762. The SMILES string of the molecule is Brc1ccc2c(c1)ncc1[nH]c(-c3ccccn3)nc12. The summed E-state index contributed by atoms with van der Waals surface area (Å²) in [6.45, 7) is 0. The number of imidazole rings is 1. The molecule has 5 heteroatoms. The molecule has 20 heavy (non-hydrogen) atoms. The molecule has 0 saturated carbocycles. The molecule has 0 bridgehead atoms. The topological polar surface area (TPSA) is 54.5 Å². The van der Waals surface area contributed by atoms with Crippen LogP contribution in [0.1, 0.15) is 0 Å². The highest BCUT2D eigenvalue weighted by Gasteiger charge is 2.09. The third-order valence-electron chi connectivity index (χ3n) is 3.19. The Morgan fingerprint density at radius 3 is 2.85 bits per heavy atom. The summed E-state index contributed by atoms with van der Waals surface area (Å²) < 4.78 is 1.01. The van der Waals surface area contributed by atoms with E-state index in [-0.39, 0.29) is 0 Å². The fourth-order valence-electron chi connectivity index (χ4n) is 2.26. The van der Waals surface area contributed by atoms with E-state index in [2.05, 4.69) is 35.9 Å². The molecule has 0 saturated heterocycles. The number of nitrogens with zero attached hydrogens (tertiary/aromatic N) is 3. The van der Waals surface area contributed by atoms with E-state index in [1.54, 1.807) is 6.20 Å². The molecule has 3 aromatic heterocycles. The Labute approximate surface area is 123 Å². The van der Waals surface area contributed by atoms with Crippen LogP contribution < -0.4 is 0 Å². The van der Waals surface area contributed by atoms with Gasteiger partial charge in [-0.05, 0) is 30.3 Å². The lowest BCUT2D eigenvalue weighted by molar-refractivity contribution is 1.24. The molecule has 3 heterocycles. The number of H-pyrrole nitrogens is 1. The zero-order chi connectivity index (χ0) is 13.5. The smallest absolute Gasteiger partial charge is 0.157 e. The second kappa shape index (κ2) is 4.38. The van der Waals surface area contributed by atoms with Gasteiger partial charge in [0.15, 0.2) is 5.82 Å². The van der Waals surface area contributed by atoms with Crippen LogP contribution in [0.2, 0.25) is 0 Å². The van der Waals surface area contributed by atoms with Crippen LogP contribution in [0.25, 0.3) is 33.5 Å². The van der Waals surface area contributed by atoms with Crippen LogP contribution in [0, 0.1) is 0 Å². The molecule has 1 aromatic carbocycles. The minimum absolute atomic E-state index is 0.762. The van der Waals surface area contributed by atoms with Gasteiger partial charge in [-0.15, -0.1) is 0 Å². The van der Waals surface area contributed by atoms with Crippen LogP contribution in [-0.2, 0) is 0 Å². The lowest BCUT2D eigenvalue weighted by Crippen LogP contribution is -1.83. The van der Waals surface area contributed by atoms with Gasteiger partial charge in [0.1, 0.15) is 11.2 Å². The molecule has 0 spiro atoms. The van der Waals surface area contributed by atoms with Crippen molar-refractivity contribution in [2.24, 2.45) is 0 Å². The van der Waals surface area contributed by atoms with Crippen LogP contribution in [0.5, 0.6) is 0 Å². The molecule has 0 aliphatic rings. The van der Waals surface area contributed by atoms with Gasteiger partial charge in [0.2, 0.25) is 0 Å². The van der Waals surface area contributed by atoms with Crippen molar-refractivity contribution in [3.63, 3.8) is 0 Å². The van der Waals surface area contributed by atoms with E-state index in [9.17, 15) is 0 Å². The van der Waals surface area contributed by atoms with Crippen LogP contribution in [-0.4, -0.2) is 19.9 Å². The summed E-state index contributed by atoms with van der Waals surface area (Å²) in [7, 11) is 0. The highest BCUT2D eigenvalue weighted by molar-refractivity contribution is 9.10. The fourth-order valence-corrected chi connectivity index (χ4v) is 2.60. The zero-order valence-corrected chi connectivity index (χ0v) is 11.9. The van der Waals surface area contributed by atoms with Gasteiger partial charge in [0.05, 0.1) is 17.2 Å². The number of hydrogen-bond acceptors (Lipinski definition) is 3. The number of hydrogen-bond donors (Lipinski definition) is 1. The summed E-state index contributed by atoms with van der Waals surface area (Å²) >= 11 is 3.46. The third kappa shape index (κ3) is 1.78. The van der Waals surface area contributed by atoms with Gasteiger partial charge in [0.25, 0.3) is 0 Å². The normalized spacial score (nSPS) is 11.2. The van der Waals surface area contributed by atoms with Crippen molar-refractivity contribution in [2.45, 2.75) is 0 Å². The first kappa shape index (κ1) is 11.5. The van der Waals surface area contributed by atoms with Crippen molar-refractivity contribution in [3.05, 3.63) is 53.3 Å². The quantitative estimate of drug-likeness (QED) is 0.577. The second-order valence-corrected chi connectivity index (χ2v) is 5.40. The molecule has 0 fully saturated rings. The Morgan fingerprint density at radius 2 is 2.00 bits per heavy atom. The van der Waals surface area contributed by atoms with Crippen molar-refractivity contribution in [3.8, 4) is 11.5 Å². The number of nitrogens with one attached hydrogen (secondary N) is 1. The largest absolute Gasteiger partial charge is 0.335 e. The van der Waals surface area contributed by atoms with Crippen LogP contribution in [0.3, 0.4) is 0 Å². The first-order valence-corrected chi connectivity index (χ1v) is 6.96. The van der Waals surface area contributed by atoms with E-state index in [0.717, 1.165) is 37.9 Å². The second-order valence-electron chi connectivity index (χ2n) is 4.48. The summed E-state index contributed by atoms with van der Waals surface area (Å²) in [6.07, 6.45) is 3.57.